The van der Waals surface area contributed by atoms with Crippen LogP contribution in [0, 0.1) is 11.6 Å². The Labute approximate surface area is 93.2 Å². The van der Waals surface area contributed by atoms with Crippen LogP contribution < -0.4 is 5.73 Å². The lowest BCUT2D eigenvalue weighted by Gasteiger charge is -2.21. The highest BCUT2D eigenvalue weighted by Crippen LogP contribution is 2.13. The topological polar surface area (TPSA) is 44.5 Å². The fourth-order valence-corrected chi connectivity index (χ4v) is 1.48. The molecule has 1 unspecified atom stereocenters. The number of hydrogen-bond donors (Lipinski definition) is 1. The molecular formula is C11H15F2NO2. The number of rotatable bonds is 5. The summed E-state index contributed by atoms with van der Waals surface area (Å²) >= 11 is 0. The van der Waals surface area contributed by atoms with E-state index < -0.39 is 24.0 Å². The first kappa shape index (κ1) is 13.0. The summed E-state index contributed by atoms with van der Waals surface area (Å²) in [7, 11) is 2.91. The van der Waals surface area contributed by atoms with E-state index in [9.17, 15) is 8.78 Å². The molecule has 0 amide bonds. The maximum Gasteiger partial charge on any atom is 0.172 e. The highest BCUT2D eigenvalue weighted by molar-refractivity contribution is 5.19. The molecule has 3 nitrogen and oxygen atoms in total. The lowest BCUT2D eigenvalue weighted by Crippen LogP contribution is -2.39. The van der Waals surface area contributed by atoms with Gasteiger partial charge in [0.05, 0.1) is 6.04 Å². The molecule has 2 N–H and O–H groups in total. The van der Waals surface area contributed by atoms with Gasteiger partial charge in [0, 0.05) is 20.3 Å². The fraction of sp³-hybridized carbons (Fsp3) is 0.455. The minimum Gasteiger partial charge on any atom is -0.354 e. The average molecular weight is 231 g/mol. The fourth-order valence-electron chi connectivity index (χ4n) is 1.48. The first-order chi connectivity index (χ1) is 7.58. The maximum absolute atomic E-state index is 13.3. The van der Waals surface area contributed by atoms with E-state index in [1.165, 1.54) is 26.4 Å². The van der Waals surface area contributed by atoms with Crippen molar-refractivity contribution in [2.45, 2.75) is 18.8 Å². The van der Waals surface area contributed by atoms with Crippen molar-refractivity contribution in [2.75, 3.05) is 14.2 Å². The third-order valence-electron chi connectivity index (χ3n) is 2.28. The molecule has 0 bridgehead atoms. The molecule has 90 valence electrons. The number of methoxy groups -OCH3 is 2. The number of nitrogens with two attached hydrogens (primary N) is 1. The van der Waals surface area contributed by atoms with E-state index in [2.05, 4.69) is 0 Å². The van der Waals surface area contributed by atoms with Crippen molar-refractivity contribution < 1.29 is 18.3 Å². The summed E-state index contributed by atoms with van der Waals surface area (Å²) in [6.07, 6.45) is -0.386. The van der Waals surface area contributed by atoms with Gasteiger partial charge >= 0.3 is 0 Å². The Kier molecular flexibility index (Phi) is 4.79. The van der Waals surface area contributed by atoms with Crippen molar-refractivity contribution in [1.29, 1.82) is 0 Å². The molecule has 1 aromatic carbocycles. The van der Waals surface area contributed by atoms with Gasteiger partial charge in [0.1, 0.15) is 11.6 Å². The summed E-state index contributed by atoms with van der Waals surface area (Å²) in [4.78, 5) is 0. The van der Waals surface area contributed by atoms with Crippen molar-refractivity contribution in [1.82, 2.24) is 0 Å². The van der Waals surface area contributed by atoms with E-state index >= 15 is 0 Å². The largest absolute Gasteiger partial charge is 0.354 e. The van der Waals surface area contributed by atoms with Gasteiger partial charge in [-0.1, -0.05) is 6.07 Å². The van der Waals surface area contributed by atoms with Crippen LogP contribution in [0.5, 0.6) is 0 Å². The Morgan fingerprint density at radius 1 is 1.25 bits per heavy atom. The molecule has 16 heavy (non-hydrogen) atoms. The normalized spacial score (nSPS) is 13.1. The Hall–Kier alpha value is -1.04. The number of hydrogen-bond acceptors (Lipinski definition) is 3. The Morgan fingerprint density at radius 3 is 2.38 bits per heavy atom. The van der Waals surface area contributed by atoms with Gasteiger partial charge in [-0.3, -0.25) is 0 Å². The van der Waals surface area contributed by atoms with E-state index in [1.807, 2.05) is 0 Å². The molecule has 0 aliphatic heterocycles. The van der Waals surface area contributed by atoms with Crippen molar-refractivity contribution in [2.24, 2.45) is 5.73 Å². The van der Waals surface area contributed by atoms with E-state index in [0.717, 1.165) is 6.07 Å². The summed E-state index contributed by atoms with van der Waals surface area (Å²) in [6.45, 7) is 0. The maximum atomic E-state index is 13.3. The van der Waals surface area contributed by atoms with Crippen LogP contribution in [0.2, 0.25) is 0 Å². The lowest BCUT2D eigenvalue weighted by molar-refractivity contribution is -0.116. The first-order valence-corrected chi connectivity index (χ1v) is 4.83. The summed E-state index contributed by atoms with van der Waals surface area (Å²) < 4.78 is 35.9. The quantitative estimate of drug-likeness (QED) is 0.780. The van der Waals surface area contributed by atoms with Gasteiger partial charge in [0.15, 0.2) is 6.29 Å². The van der Waals surface area contributed by atoms with Crippen LogP contribution in [0.15, 0.2) is 18.2 Å². The molecule has 1 rings (SSSR count). The second-order valence-corrected chi connectivity index (χ2v) is 3.44. The standard InChI is InChI=1S/C11H15F2NO2/c1-15-11(16-2)10(14)5-7-3-4-8(12)6-9(7)13/h3-4,6,10-11H,5,14H2,1-2H3. The Bertz CT molecular complexity index is 343. The van der Waals surface area contributed by atoms with Crippen LogP contribution in [0.3, 0.4) is 0 Å². The van der Waals surface area contributed by atoms with Crippen LogP contribution in [0.25, 0.3) is 0 Å². The summed E-state index contributed by atoms with van der Waals surface area (Å²) in [5, 5.41) is 0. The third-order valence-corrected chi connectivity index (χ3v) is 2.28. The van der Waals surface area contributed by atoms with Gasteiger partial charge in [-0.15, -0.1) is 0 Å². The lowest BCUT2D eigenvalue weighted by atomic mass is 10.1. The van der Waals surface area contributed by atoms with Crippen LogP contribution in [-0.2, 0) is 15.9 Å². The highest BCUT2D eigenvalue weighted by atomic mass is 19.1. The molecule has 1 atom stereocenters. The zero-order valence-corrected chi connectivity index (χ0v) is 9.24. The van der Waals surface area contributed by atoms with Crippen molar-refractivity contribution in [3.63, 3.8) is 0 Å². The smallest absolute Gasteiger partial charge is 0.172 e. The monoisotopic (exact) mass is 231 g/mol. The number of benzene rings is 1. The van der Waals surface area contributed by atoms with Gasteiger partial charge in [-0.05, 0) is 18.1 Å². The van der Waals surface area contributed by atoms with Crippen molar-refractivity contribution >= 4 is 0 Å². The highest BCUT2D eigenvalue weighted by Gasteiger charge is 2.18. The van der Waals surface area contributed by atoms with E-state index in [1.54, 1.807) is 0 Å². The zero-order chi connectivity index (χ0) is 12.1. The minimum atomic E-state index is -0.610. The zero-order valence-electron chi connectivity index (χ0n) is 9.24. The SMILES string of the molecule is COC(OC)C(N)Cc1ccc(F)cc1F. The summed E-state index contributed by atoms with van der Waals surface area (Å²) in [5.74, 6) is -1.22. The van der Waals surface area contributed by atoms with Crippen molar-refractivity contribution in [3.8, 4) is 0 Å². The van der Waals surface area contributed by atoms with Gasteiger partial charge < -0.3 is 15.2 Å². The molecule has 0 saturated heterocycles. The summed E-state index contributed by atoms with van der Waals surface area (Å²) in [5.41, 5.74) is 6.11. The predicted molar refractivity (Wildman–Crippen MR) is 55.8 cm³/mol. The third kappa shape index (κ3) is 3.23. The molecule has 0 saturated carbocycles. The van der Waals surface area contributed by atoms with E-state index in [4.69, 9.17) is 15.2 Å². The van der Waals surface area contributed by atoms with Crippen LogP contribution >= 0.6 is 0 Å². The Morgan fingerprint density at radius 2 is 1.88 bits per heavy atom. The molecule has 0 heterocycles. The first-order valence-electron chi connectivity index (χ1n) is 4.83. The molecule has 0 aromatic heterocycles. The van der Waals surface area contributed by atoms with Gasteiger partial charge in [-0.25, -0.2) is 8.78 Å². The van der Waals surface area contributed by atoms with E-state index in [-0.39, 0.29) is 6.42 Å². The average Bonchev–Trinajstić information content (AvgIpc) is 2.24. The van der Waals surface area contributed by atoms with E-state index in [0.29, 0.717) is 5.56 Å². The Balaban J connectivity index is 2.72. The second kappa shape index (κ2) is 5.89. The number of halogens is 2. The van der Waals surface area contributed by atoms with Crippen molar-refractivity contribution in [3.05, 3.63) is 35.4 Å². The molecule has 0 spiro atoms. The summed E-state index contributed by atoms with van der Waals surface area (Å²) in [6, 6.07) is 2.89. The van der Waals surface area contributed by atoms with Gasteiger partial charge in [0.25, 0.3) is 0 Å². The molecular weight excluding hydrogens is 216 g/mol. The molecule has 0 radical (unpaired) electrons. The molecule has 0 aliphatic rings. The van der Waals surface area contributed by atoms with Crippen LogP contribution in [0.1, 0.15) is 5.56 Å². The molecule has 0 fully saturated rings. The van der Waals surface area contributed by atoms with Crippen LogP contribution in [0.4, 0.5) is 8.78 Å². The molecule has 0 aliphatic carbocycles. The number of ether oxygens (including phenoxy) is 2. The second-order valence-electron chi connectivity index (χ2n) is 3.44. The van der Waals surface area contributed by atoms with Gasteiger partial charge in [0.2, 0.25) is 0 Å². The predicted octanol–water partition coefficient (Wildman–Crippen LogP) is 1.45. The minimum absolute atomic E-state index is 0.221. The van der Waals surface area contributed by atoms with Crippen LogP contribution in [-0.4, -0.2) is 26.6 Å². The molecule has 1 aromatic rings. The molecule has 5 heteroatoms. The van der Waals surface area contributed by atoms with Gasteiger partial charge in [-0.2, -0.15) is 0 Å².